The third-order valence-corrected chi connectivity index (χ3v) is 8.48. The van der Waals surface area contributed by atoms with Gasteiger partial charge in [-0.25, -0.2) is 19.0 Å². The molecule has 5 rings (SSSR count). The Balaban J connectivity index is 1.92. The van der Waals surface area contributed by atoms with Gasteiger partial charge in [0.1, 0.15) is 21.7 Å². The Morgan fingerprint density at radius 3 is 2.50 bits per heavy atom. The number of nitrogen functional groups attached to an aromatic ring is 1. The zero-order chi connectivity index (χ0) is 29.7. The fourth-order valence-electron chi connectivity index (χ4n) is 5.33. The lowest BCUT2D eigenvalue weighted by Gasteiger charge is -2.44. The number of pyridine rings is 1. The van der Waals surface area contributed by atoms with E-state index in [2.05, 4.69) is 27.0 Å². The number of nitrogens with zero attached hydrogens (tertiary/aromatic N) is 4. The summed E-state index contributed by atoms with van der Waals surface area (Å²) in [4.78, 5) is 34.7. The molecule has 0 radical (unpaired) electrons. The van der Waals surface area contributed by atoms with E-state index in [1.54, 1.807) is 58.8 Å². The zero-order valence-corrected chi connectivity index (χ0v) is 26.2. The topological polar surface area (TPSA) is 122 Å². The van der Waals surface area contributed by atoms with Gasteiger partial charge in [-0.1, -0.05) is 0 Å². The van der Waals surface area contributed by atoms with Gasteiger partial charge in [-0.15, -0.1) is 11.8 Å². The number of amides is 2. The summed E-state index contributed by atoms with van der Waals surface area (Å²) in [6.45, 7) is 11.1. The number of benzene rings is 1. The molecule has 3 heterocycles. The standard InChI is InChI=1S/C28H35BrFN5O4S/c1-27(2,3)38-25(36)34-13-15-12-17(34)22(15)35(26(37)39-28(4,5)6)23-16-11-14(9-8-10-31)18(29)19(30)21(16)33-24(40-7)20(23)32/h11,15,17,22H,8-9,12-13,32H2,1-7H3/t15-,17+,22-/m0/s1. The molecule has 2 bridgehead atoms. The molecule has 0 unspecified atom stereocenters. The maximum absolute atomic E-state index is 15.8. The molecule has 12 heteroatoms. The number of nitriles is 1. The summed E-state index contributed by atoms with van der Waals surface area (Å²) >= 11 is 4.57. The molecule has 1 aromatic carbocycles. The minimum Gasteiger partial charge on any atom is -0.444 e. The zero-order valence-electron chi connectivity index (χ0n) is 23.8. The Morgan fingerprint density at radius 2 is 1.93 bits per heavy atom. The number of fused-ring (bicyclic) bond motifs is 2. The molecule has 3 aliphatic rings. The van der Waals surface area contributed by atoms with E-state index in [0.717, 1.165) is 0 Å². The normalized spacial score (nSPS) is 20.2. The van der Waals surface area contributed by atoms with E-state index in [9.17, 15) is 9.59 Å². The number of aryl methyl sites for hydroxylation is 1. The molecule has 2 N–H and O–H groups in total. The number of carbonyl (C=O) groups excluding carboxylic acids is 2. The first-order valence-electron chi connectivity index (χ1n) is 13.1. The van der Waals surface area contributed by atoms with Gasteiger partial charge in [0.2, 0.25) is 0 Å². The number of anilines is 2. The van der Waals surface area contributed by atoms with E-state index in [1.807, 2.05) is 0 Å². The Bertz CT molecular complexity index is 1400. The molecule has 2 aromatic rings. The number of rotatable bonds is 5. The fraction of sp³-hybridized carbons (Fsp3) is 0.571. The van der Waals surface area contributed by atoms with Crippen LogP contribution in [0, 0.1) is 23.1 Å². The molecule has 1 aromatic heterocycles. The molecule has 1 aliphatic carbocycles. The maximum atomic E-state index is 15.8. The molecule has 1 saturated carbocycles. The molecule has 216 valence electrons. The molecule has 2 aliphatic heterocycles. The van der Waals surface area contributed by atoms with Crippen LogP contribution in [-0.2, 0) is 15.9 Å². The number of thioether (sulfide) groups is 1. The first-order valence-corrected chi connectivity index (χ1v) is 15.1. The molecule has 2 saturated heterocycles. The number of carbonyl (C=O) groups is 2. The van der Waals surface area contributed by atoms with E-state index in [1.165, 1.54) is 16.7 Å². The van der Waals surface area contributed by atoms with Crippen molar-refractivity contribution in [2.45, 2.75) is 89.1 Å². The van der Waals surface area contributed by atoms with Crippen LogP contribution in [0.25, 0.3) is 10.9 Å². The molecular formula is C28H35BrFN5O4S. The predicted molar refractivity (Wildman–Crippen MR) is 157 cm³/mol. The maximum Gasteiger partial charge on any atom is 0.415 e. The summed E-state index contributed by atoms with van der Waals surface area (Å²) < 4.78 is 27.5. The van der Waals surface area contributed by atoms with Gasteiger partial charge in [0.25, 0.3) is 0 Å². The van der Waals surface area contributed by atoms with Crippen LogP contribution in [-0.4, -0.2) is 58.2 Å². The Hall–Kier alpha value is -2.78. The van der Waals surface area contributed by atoms with Gasteiger partial charge in [-0.3, -0.25) is 4.90 Å². The van der Waals surface area contributed by atoms with Crippen LogP contribution in [0.3, 0.4) is 0 Å². The number of nitrogens with two attached hydrogens (primary N) is 1. The van der Waals surface area contributed by atoms with Gasteiger partial charge >= 0.3 is 12.2 Å². The Labute approximate surface area is 246 Å². The van der Waals surface area contributed by atoms with Crippen LogP contribution >= 0.6 is 27.7 Å². The van der Waals surface area contributed by atoms with Gasteiger partial charge in [0.15, 0.2) is 5.82 Å². The first kappa shape index (κ1) is 30.2. The second-order valence-corrected chi connectivity index (χ2v) is 13.7. The monoisotopic (exact) mass is 635 g/mol. The van der Waals surface area contributed by atoms with Crippen LogP contribution in [0.5, 0.6) is 0 Å². The number of halogens is 2. The number of hydrogen-bond donors (Lipinski definition) is 1. The van der Waals surface area contributed by atoms with Crippen molar-refractivity contribution in [1.82, 2.24) is 9.88 Å². The number of aromatic nitrogens is 1. The summed E-state index contributed by atoms with van der Waals surface area (Å²) in [5, 5.41) is 9.85. The van der Waals surface area contributed by atoms with Crippen molar-refractivity contribution in [3.63, 3.8) is 0 Å². The van der Waals surface area contributed by atoms with Crippen molar-refractivity contribution >= 4 is 62.2 Å². The van der Waals surface area contributed by atoms with E-state index in [0.29, 0.717) is 41.0 Å². The van der Waals surface area contributed by atoms with E-state index < -0.39 is 35.2 Å². The second kappa shape index (κ2) is 10.9. The fourth-order valence-corrected chi connectivity index (χ4v) is 6.33. The van der Waals surface area contributed by atoms with Gasteiger partial charge in [-0.05, 0) is 88.2 Å². The summed E-state index contributed by atoms with van der Waals surface area (Å²) in [6.07, 6.45) is 1.84. The van der Waals surface area contributed by atoms with E-state index in [4.69, 9.17) is 20.5 Å². The molecule has 40 heavy (non-hydrogen) atoms. The summed E-state index contributed by atoms with van der Waals surface area (Å²) in [6, 6.07) is 3.03. The van der Waals surface area contributed by atoms with Crippen molar-refractivity contribution in [2.24, 2.45) is 5.92 Å². The second-order valence-electron chi connectivity index (χ2n) is 12.1. The summed E-state index contributed by atoms with van der Waals surface area (Å²) in [7, 11) is 0. The highest BCUT2D eigenvalue weighted by Crippen LogP contribution is 2.50. The van der Waals surface area contributed by atoms with Crippen molar-refractivity contribution in [2.75, 3.05) is 23.4 Å². The van der Waals surface area contributed by atoms with Crippen LogP contribution in [0.1, 0.15) is 59.9 Å². The highest BCUT2D eigenvalue weighted by Gasteiger charge is 2.59. The third kappa shape index (κ3) is 5.68. The molecule has 0 spiro atoms. The third-order valence-electron chi connectivity index (χ3n) is 6.92. The van der Waals surface area contributed by atoms with Gasteiger partial charge in [-0.2, -0.15) is 5.26 Å². The smallest absolute Gasteiger partial charge is 0.415 e. The lowest BCUT2D eigenvalue weighted by atomic mass is 9.78. The van der Waals surface area contributed by atoms with Crippen molar-refractivity contribution in [1.29, 1.82) is 5.26 Å². The summed E-state index contributed by atoms with van der Waals surface area (Å²) in [5.74, 6) is -0.651. The van der Waals surface area contributed by atoms with Gasteiger partial charge in [0.05, 0.1) is 34.0 Å². The minimum absolute atomic E-state index is 0.0466. The van der Waals surface area contributed by atoms with Crippen LogP contribution in [0.4, 0.5) is 25.4 Å². The first-order chi connectivity index (χ1) is 18.6. The van der Waals surface area contributed by atoms with E-state index in [-0.39, 0.29) is 34.1 Å². The highest BCUT2D eigenvalue weighted by molar-refractivity contribution is 9.10. The van der Waals surface area contributed by atoms with Crippen molar-refractivity contribution < 1.29 is 23.5 Å². The average Bonchev–Trinajstić information content (AvgIpc) is 3.43. The lowest BCUT2D eigenvalue weighted by molar-refractivity contribution is 0.0217. The number of ether oxygens (including phenoxy) is 2. The summed E-state index contributed by atoms with van der Waals surface area (Å²) in [5.41, 5.74) is 6.30. The number of hydrogen-bond acceptors (Lipinski definition) is 8. The Morgan fingerprint density at radius 1 is 1.27 bits per heavy atom. The van der Waals surface area contributed by atoms with Crippen molar-refractivity contribution in [3.8, 4) is 6.07 Å². The predicted octanol–water partition coefficient (Wildman–Crippen LogP) is 6.65. The SMILES string of the molecule is CSc1nc2c(F)c(Br)c(CCC#N)cc2c(N(C(=O)OC(C)(C)C)[C@H]2[C@H]3C[C@H]2N(C(=O)OC(C)(C)C)C3)c1N. The largest absolute Gasteiger partial charge is 0.444 e. The lowest BCUT2D eigenvalue weighted by Crippen LogP contribution is -2.59. The Kier molecular flexibility index (Phi) is 8.22. The molecule has 3 atom stereocenters. The van der Waals surface area contributed by atoms with Crippen LogP contribution in [0.15, 0.2) is 15.6 Å². The van der Waals surface area contributed by atoms with Crippen molar-refractivity contribution in [3.05, 3.63) is 21.9 Å². The van der Waals surface area contributed by atoms with Gasteiger partial charge in [0, 0.05) is 24.3 Å². The van der Waals surface area contributed by atoms with E-state index >= 15 is 4.39 Å². The molecule has 3 fully saturated rings. The minimum atomic E-state index is -0.824. The molecule has 2 amide bonds. The highest BCUT2D eigenvalue weighted by atomic mass is 79.9. The van der Waals surface area contributed by atoms with Crippen LogP contribution in [0.2, 0.25) is 0 Å². The molecular weight excluding hydrogens is 601 g/mol. The van der Waals surface area contributed by atoms with Crippen LogP contribution < -0.4 is 10.6 Å². The average molecular weight is 637 g/mol. The molecule has 9 nitrogen and oxygen atoms in total. The van der Waals surface area contributed by atoms with Gasteiger partial charge < -0.3 is 20.1 Å². The quantitative estimate of drug-likeness (QED) is 0.363.